The Morgan fingerprint density at radius 1 is 1.33 bits per heavy atom. The Morgan fingerprint density at radius 3 is 2.62 bits per heavy atom. The second-order valence-electron chi connectivity index (χ2n) is 4.86. The monoisotopic (exact) mass is 290 g/mol. The number of carbonyl (C=O) groups excluding carboxylic acids is 3. The van der Waals surface area contributed by atoms with E-state index in [-0.39, 0.29) is 17.8 Å². The number of hydrogen-bond donors (Lipinski definition) is 2. The van der Waals surface area contributed by atoms with Crippen LogP contribution in [0.1, 0.15) is 36.5 Å². The maximum absolute atomic E-state index is 11.9. The van der Waals surface area contributed by atoms with Crippen LogP contribution in [0, 0.1) is 0 Å². The van der Waals surface area contributed by atoms with Gasteiger partial charge in [-0.3, -0.25) is 9.59 Å². The lowest BCUT2D eigenvalue weighted by Gasteiger charge is -2.11. The highest BCUT2D eigenvalue weighted by Crippen LogP contribution is 2.13. The number of amides is 2. The van der Waals surface area contributed by atoms with Gasteiger partial charge >= 0.3 is 5.97 Å². The molecule has 112 valence electrons. The number of ether oxygens (including phenoxy) is 1. The van der Waals surface area contributed by atoms with Gasteiger partial charge in [-0.2, -0.15) is 0 Å². The van der Waals surface area contributed by atoms with Crippen LogP contribution in [0.5, 0.6) is 0 Å². The molecule has 0 spiro atoms. The van der Waals surface area contributed by atoms with Gasteiger partial charge in [-0.15, -0.1) is 0 Å². The van der Waals surface area contributed by atoms with Crippen molar-refractivity contribution in [2.75, 3.05) is 11.9 Å². The van der Waals surface area contributed by atoms with Gasteiger partial charge in [0.05, 0.1) is 12.2 Å². The topological polar surface area (TPSA) is 84.5 Å². The van der Waals surface area contributed by atoms with Gasteiger partial charge in [0.15, 0.2) is 0 Å². The van der Waals surface area contributed by atoms with Crippen molar-refractivity contribution in [3.8, 4) is 0 Å². The highest BCUT2D eigenvalue weighted by atomic mass is 16.5. The number of hydrogen-bond acceptors (Lipinski definition) is 4. The van der Waals surface area contributed by atoms with E-state index in [9.17, 15) is 14.4 Å². The minimum Gasteiger partial charge on any atom is -0.462 e. The van der Waals surface area contributed by atoms with Crippen LogP contribution in [-0.4, -0.2) is 30.4 Å². The Balaban J connectivity index is 1.91. The summed E-state index contributed by atoms with van der Waals surface area (Å²) in [6.07, 6.45) is 1.65. The molecule has 2 N–H and O–H groups in total. The molecule has 2 rings (SSSR count). The molecule has 2 amide bonds. The zero-order chi connectivity index (χ0) is 15.2. The molecule has 6 nitrogen and oxygen atoms in total. The van der Waals surface area contributed by atoms with Crippen molar-refractivity contribution in [3.63, 3.8) is 0 Å². The SMILES string of the molecule is CCCOC(=O)c1ccc(NC(=O)[C@@H]2CCC(=O)N2)cc1. The lowest BCUT2D eigenvalue weighted by molar-refractivity contribution is -0.122. The Morgan fingerprint density at radius 2 is 2.05 bits per heavy atom. The number of esters is 1. The summed E-state index contributed by atoms with van der Waals surface area (Å²) in [4.78, 5) is 34.6. The first-order chi connectivity index (χ1) is 10.1. The van der Waals surface area contributed by atoms with Gasteiger partial charge in [0, 0.05) is 12.1 Å². The fraction of sp³-hybridized carbons (Fsp3) is 0.400. The molecular weight excluding hydrogens is 272 g/mol. The standard InChI is InChI=1S/C15H18N2O4/c1-2-9-21-15(20)10-3-5-11(6-4-10)16-14(19)12-7-8-13(18)17-12/h3-6,12H,2,7-9H2,1H3,(H,16,19)(H,17,18)/t12-/m0/s1. The first-order valence-corrected chi connectivity index (χ1v) is 6.97. The third kappa shape index (κ3) is 4.05. The van der Waals surface area contributed by atoms with Crippen LogP contribution < -0.4 is 10.6 Å². The number of carbonyl (C=O) groups is 3. The first-order valence-electron chi connectivity index (χ1n) is 6.97. The summed E-state index contributed by atoms with van der Waals surface area (Å²) in [6.45, 7) is 2.31. The number of nitrogens with one attached hydrogen (secondary N) is 2. The molecule has 6 heteroatoms. The maximum Gasteiger partial charge on any atom is 0.338 e. The van der Waals surface area contributed by atoms with Crippen LogP contribution in [0.2, 0.25) is 0 Å². The fourth-order valence-electron chi connectivity index (χ4n) is 2.01. The van der Waals surface area contributed by atoms with Crippen LogP contribution >= 0.6 is 0 Å². The van der Waals surface area contributed by atoms with E-state index >= 15 is 0 Å². The Kier molecular flexibility index (Phi) is 4.92. The lowest BCUT2D eigenvalue weighted by atomic mass is 10.2. The van der Waals surface area contributed by atoms with Crippen molar-refractivity contribution >= 4 is 23.5 Å². The molecule has 0 bridgehead atoms. The second kappa shape index (κ2) is 6.88. The Bertz CT molecular complexity index is 539. The zero-order valence-electron chi connectivity index (χ0n) is 11.8. The van der Waals surface area contributed by atoms with Crippen LogP contribution in [-0.2, 0) is 14.3 Å². The summed E-state index contributed by atoms with van der Waals surface area (Å²) in [6, 6.07) is 5.99. The van der Waals surface area contributed by atoms with E-state index in [0.29, 0.717) is 30.7 Å². The van der Waals surface area contributed by atoms with Crippen molar-refractivity contribution in [2.45, 2.75) is 32.2 Å². The van der Waals surface area contributed by atoms with Crippen molar-refractivity contribution in [2.24, 2.45) is 0 Å². The number of anilines is 1. The van der Waals surface area contributed by atoms with Gasteiger partial charge in [-0.05, 0) is 37.1 Å². The summed E-state index contributed by atoms with van der Waals surface area (Å²) in [5.41, 5.74) is 1.02. The minimum absolute atomic E-state index is 0.107. The van der Waals surface area contributed by atoms with Crippen LogP contribution in [0.4, 0.5) is 5.69 Å². The first kappa shape index (κ1) is 15.0. The van der Waals surface area contributed by atoms with E-state index in [1.54, 1.807) is 24.3 Å². The third-order valence-corrected chi connectivity index (χ3v) is 3.14. The number of benzene rings is 1. The molecule has 0 aliphatic carbocycles. The molecule has 1 aliphatic heterocycles. The van der Waals surface area contributed by atoms with Gasteiger partial charge in [0.2, 0.25) is 11.8 Å². The van der Waals surface area contributed by atoms with Gasteiger partial charge < -0.3 is 15.4 Å². The fourth-order valence-corrected chi connectivity index (χ4v) is 2.01. The predicted molar refractivity (Wildman–Crippen MR) is 76.8 cm³/mol. The van der Waals surface area contributed by atoms with Gasteiger partial charge in [-0.25, -0.2) is 4.79 Å². The van der Waals surface area contributed by atoms with Crippen molar-refractivity contribution < 1.29 is 19.1 Å². The van der Waals surface area contributed by atoms with E-state index in [4.69, 9.17) is 4.74 Å². The molecule has 0 aromatic heterocycles. The van der Waals surface area contributed by atoms with E-state index in [1.165, 1.54) is 0 Å². The van der Waals surface area contributed by atoms with Gasteiger partial charge in [0.1, 0.15) is 6.04 Å². The quantitative estimate of drug-likeness (QED) is 0.804. The average molecular weight is 290 g/mol. The highest BCUT2D eigenvalue weighted by Gasteiger charge is 2.27. The van der Waals surface area contributed by atoms with Crippen molar-refractivity contribution in [1.29, 1.82) is 0 Å². The van der Waals surface area contributed by atoms with Gasteiger partial charge in [0.25, 0.3) is 0 Å². The van der Waals surface area contributed by atoms with Crippen LogP contribution in [0.15, 0.2) is 24.3 Å². The predicted octanol–water partition coefficient (Wildman–Crippen LogP) is 1.47. The molecule has 0 saturated carbocycles. The van der Waals surface area contributed by atoms with Crippen LogP contribution in [0.25, 0.3) is 0 Å². The minimum atomic E-state index is -0.480. The molecule has 0 unspecified atom stereocenters. The molecular formula is C15H18N2O4. The summed E-state index contributed by atoms with van der Waals surface area (Å²) >= 11 is 0. The van der Waals surface area contributed by atoms with E-state index in [0.717, 1.165) is 6.42 Å². The molecule has 1 aliphatic rings. The number of rotatable bonds is 5. The van der Waals surface area contributed by atoms with E-state index in [2.05, 4.69) is 10.6 Å². The molecule has 1 aromatic carbocycles. The average Bonchev–Trinajstić information content (AvgIpc) is 2.92. The smallest absolute Gasteiger partial charge is 0.338 e. The molecule has 1 heterocycles. The molecule has 0 radical (unpaired) electrons. The molecule has 1 aromatic rings. The third-order valence-electron chi connectivity index (χ3n) is 3.14. The normalized spacial score (nSPS) is 17.2. The molecule has 21 heavy (non-hydrogen) atoms. The van der Waals surface area contributed by atoms with Crippen LogP contribution in [0.3, 0.4) is 0 Å². The largest absolute Gasteiger partial charge is 0.462 e. The van der Waals surface area contributed by atoms with Crippen molar-refractivity contribution in [3.05, 3.63) is 29.8 Å². The highest BCUT2D eigenvalue weighted by molar-refractivity contribution is 5.99. The molecule has 1 fully saturated rings. The summed E-state index contributed by atoms with van der Waals surface area (Å²) in [7, 11) is 0. The summed E-state index contributed by atoms with van der Waals surface area (Å²) in [5, 5.41) is 5.31. The van der Waals surface area contributed by atoms with E-state index in [1.807, 2.05) is 6.92 Å². The van der Waals surface area contributed by atoms with Crippen molar-refractivity contribution in [1.82, 2.24) is 5.32 Å². The molecule has 1 atom stereocenters. The maximum atomic E-state index is 11.9. The summed E-state index contributed by atoms with van der Waals surface area (Å²) < 4.78 is 5.02. The second-order valence-corrected chi connectivity index (χ2v) is 4.86. The van der Waals surface area contributed by atoms with E-state index < -0.39 is 6.04 Å². The molecule has 1 saturated heterocycles. The summed E-state index contributed by atoms with van der Waals surface area (Å²) in [5.74, 6) is -0.732. The lowest BCUT2D eigenvalue weighted by Crippen LogP contribution is -2.37. The van der Waals surface area contributed by atoms with Gasteiger partial charge in [-0.1, -0.05) is 6.92 Å². The zero-order valence-corrected chi connectivity index (χ0v) is 11.8. The Labute approximate surface area is 122 Å². The Hall–Kier alpha value is -2.37.